The molecule has 4 rings (SSSR count). The van der Waals surface area contributed by atoms with Crippen molar-refractivity contribution in [2.45, 2.75) is 37.8 Å². The normalized spacial score (nSPS) is 23.2. The molecule has 2 aliphatic heterocycles. The van der Waals surface area contributed by atoms with Gasteiger partial charge in [0.25, 0.3) is 0 Å². The number of amides is 1. The molecule has 2 aliphatic rings. The Bertz CT molecular complexity index is 819. The topological polar surface area (TPSA) is 81.6 Å². The second-order valence-corrected chi connectivity index (χ2v) is 7.11. The number of para-hydroxylation sites is 2. The molecule has 2 fully saturated rings. The first-order chi connectivity index (χ1) is 12.1. The maximum Gasteiger partial charge on any atom is 0.407 e. The standard InChI is InChI=1S/C18H24N4O3/c23-17-19-15-5-1-2-6-16(15)22(17)13-7-10-20(11-8-13)14-4-3-9-21(12-14)18(24)25/h1-2,5-6,13-14H,3-4,7-12H2,(H,19,23)(H,24,25). The third-order valence-corrected chi connectivity index (χ3v) is 5.67. The van der Waals surface area contributed by atoms with E-state index < -0.39 is 6.09 Å². The number of hydrogen-bond donors (Lipinski definition) is 2. The minimum atomic E-state index is -0.815. The fourth-order valence-corrected chi connectivity index (χ4v) is 4.37. The lowest BCUT2D eigenvalue weighted by molar-refractivity contribution is 0.0670. The van der Waals surface area contributed by atoms with Gasteiger partial charge in [-0.3, -0.25) is 9.47 Å². The van der Waals surface area contributed by atoms with Crippen molar-refractivity contribution >= 4 is 17.1 Å². The van der Waals surface area contributed by atoms with Gasteiger partial charge in [-0.1, -0.05) is 12.1 Å². The Balaban J connectivity index is 1.45. The van der Waals surface area contributed by atoms with Crippen LogP contribution in [0.2, 0.25) is 0 Å². The summed E-state index contributed by atoms with van der Waals surface area (Å²) in [5, 5.41) is 9.22. The Morgan fingerprint density at radius 3 is 2.60 bits per heavy atom. The molecule has 3 heterocycles. The number of nitrogens with zero attached hydrogens (tertiary/aromatic N) is 3. The lowest BCUT2D eigenvalue weighted by Gasteiger charge is -2.41. The number of imidazole rings is 1. The Labute approximate surface area is 145 Å². The van der Waals surface area contributed by atoms with E-state index in [1.54, 1.807) is 0 Å². The SMILES string of the molecule is O=C(O)N1CCCC(N2CCC(n3c(=O)[nH]c4ccccc43)CC2)C1. The van der Waals surface area contributed by atoms with E-state index >= 15 is 0 Å². The molecule has 0 saturated carbocycles. The van der Waals surface area contributed by atoms with Crippen LogP contribution in [0.5, 0.6) is 0 Å². The number of piperidine rings is 2. The molecular formula is C18H24N4O3. The minimum Gasteiger partial charge on any atom is -0.465 e. The molecule has 0 spiro atoms. The van der Waals surface area contributed by atoms with Gasteiger partial charge in [0.1, 0.15) is 0 Å². The number of benzene rings is 1. The average Bonchev–Trinajstić information content (AvgIpc) is 2.97. The van der Waals surface area contributed by atoms with Crippen molar-refractivity contribution in [1.82, 2.24) is 19.4 Å². The number of rotatable bonds is 2. The van der Waals surface area contributed by atoms with Crippen molar-refractivity contribution in [3.05, 3.63) is 34.7 Å². The van der Waals surface area contributed by atoms with E-state index in [9.17, 15) is 14.7 Å². The van der Waals surface area contributed by atoms with Gasteiger partial charge in [-0.25, -0.2) is 9.59 Å². The first-order valence-electron chi connectivity index (χ1n) is 9.04. The van der Waals surface area contributed by atoms with E-state index in [0.29, 0.717) is 19.1 Å². The van der Waals surface area contributed by atoms with Crippen LogP contribution in [0, 0.1) is 0 Å². The van der Waals surface area contributed by atoms with Crippen molar-refractivity contribution in [2.24, 2.45) is 0 Å². The van der Waals surface area contributed by atoms with E-state index in [-0.39, 0.29) is 11.7 Å². The highest BCUT2D eigenvalue weighted by molar-refractivity contribution is 5.75. The first-order valence-corrected chi connectivity index (χ1v) is 9.04. The molecular weight excluding hydrogens is 320 g/mol. The number of fused-ring (bicyclic) bond motifs is 1. The molecule has 1 aromatic heterocycles. The number of hydrogen-bond acceptors (Lipinski definition) is 3. The second-order valence-electron chi connectivity index (χ2n) is 7.11. The quantitative estimate of drug-likeness (QED) is 0.874. The summed E-state index contributed by atoms with van der Waals surface area (Å²) in [5.74, 6) is 0. The lowest BCUT2D eigenvalue weighted by atomic mass is 9.98. The zero-order valence-corrected chi connectivity index (χ0v) is 14.2. The molecule has 0 aliphatic carbocycles. The van der Waals surface area contributed by atoms with Crippen LogP contribution in [-0.4, -0.2) is 62.8 Å². The predicted molar refractivity (Wildman–Crippen MR) is 95.0 cm³/mol. The molecule has 7 nitrogen and oxygen atoms in total. The Kier molecular flexibility index (Phi) is 4.25. The van der Waals surface area contributed by atoms with Crippen LogP contribution in [0.25, 0.3) is 11.0 Å². The molecule has 1 unspecified atom stereocenters. The van der Waals surface area contributed by atoms with Crippen molar-refractivity contribution < 1.29 is 9.90 Å². The zero-order valence-electron chi connectivity index (χ0n) is 14.2. The summed E-state index contributed by atoms with van der Waals surface area (Å²) >= 11 is 0. The van der Waals surface area contributed by atoms with Crippen molar-refractivity contribution in [3.8, 4) is 0 Å². The minimum absolute atomic E-state index is 0.0330. The van der Waals surface area contributed by atoms with Crippen molar-refractivity contribution in [2.75, 3.05) is 26.2 Å². The number of nitrogens with one attached hydrogen (secondary N) is 1. The van der Waals surface area contributed by atoms with Crippen LogP contribution in [0.1, 0.15) is 31.7 Å². The van der Waals surface area contributed by atoms with Gasteiger partial charge in [0, 0.05) is 38.3 Å². The first kappa shape index (κ1) is 16.2. The van der Waals surface area contributed by atoms with Gasteiger partial charge in [0.15, 0.2) is 0 Å². The van der Waals surface area contributed by atoms with Crippen LogP contribution in [-0.2, 0) is 0 Å². The lowest BCUT2D eigenvalue weighted by Crippen LogP contribution is -2.51. The van der Waals surface area contributed by atoms with Gasteiger partial charge in [0.05, 0.1) is 11.0 Å². The molecule has 2 aromatic rings. The van der Waals surface area contributed by atoms with Crippen LogP contribution >= 0.6 is 0 Å². The molecule has 1 aromatic carbocycles. The fraction of sp³-hybridized carbons (Fsp3) is 0.556. The summed E-state index contributed by atoms with van der Waals surface area (Å²) in [6, 6.07) is 8.34. The second kappa shape index (κ2) is 6.55. The molecule has 0 radical (unpaired) electrons. The summed E-state index contributed by atoms with van der Waals surface area (Å²) in [6.45, 7) is 3.07. The van der Waals surface area contributed by atoms with E-state index in [0.717, 1.165) is 49.8 Å². The van der Waals surface area contributed by atoms with E-state index in [1.165, 1.54) is 4.90 Å². The van der Waals surface area contributed by atoms with Crippen LogP contribution < -0.4 is 5.69 Å². The average molecular weight is 344 g/mol. The number of likely N-dealkylation sites (tertiary alicyclic amines) is 2. The number of carbonyl (C=O) groups is 1. The van der Waals surface area contributed by atoms with Gasteiger partial charge < -0.3 is 15.0 Å². The fourth-order valence-electron chi connectivity index (χ4n) is 4.37. The highest BCUT2D eigenvalue weighted by Gasteiger charge is 2.31. The molecule has 0 bridgehead atoms. The van der Waals surface area contributed by atoms with Crippen molar-refractivity contribution in [3.63, 3.8) is 0 Å². The van der Waals surface area contributed by atoms with Gasteiger partial charge in [-0.2, -0.15) is 0 Å². The highest BCUT2D eigenvalue weighted by Crippen LogP contribution is 2.27. The highest BCUT2D eigenvalue weighted by atomic mass is 16.4. The summed E-state index contributed by atoms with van der Waals surface area (Å²) in [4.78, 5) is 30.5. The molecule has 25 heavy (non-hydrogen) atoms. The monoisotopic (exact) mass is 344 g/mol. The number of aromatic nitrogens is 2. The summed E-state index contributed by atoms with van der Waals surface area (Å²) in [5.41, 5.74) is 1.83. The van der Waals surface area contributed by atoms with E-state index in [4.69, 9.17) is 0 Å². The third-order valence-electron chi connectivity index (χ3n) is 5.67. The maximum atomic E-state index is 12.4. The van der Waals surface area contributed by atoms with Crippen LogP contribution in [0.3, 0.4) is 0 Å². The maximum absolute atomic E-state index is 12.4. The molecule has 7 heteroatoms. The van der Waals surface area contributed by atoms with Gasteiger partial charge in [-0.05, 0) is 37.8 Å². The predicted octanol–water partition coefficient (Wildman–Crippen LogP) is 2.11. The van der Waals surface area contributed by atoms with Gasteiger partial charge in [0.2, 0.25) is 0 Å². The molecule has 134 valence electrons. The van der Waals surface area contributed by atoms with E-state index in [1.807, 2.05) is 28.8 Å². The Hall–Kier alpha value is -2.28. The molecule has 2 N–H and O–H groups in total. The molecule has 1 atom stereocenters. The van der Waals surface area contributed by atoms with Crippen LogP contribution in [0.15, 0.2) is 29.1 Å². The smallest absolute Gasteiger partial charge is 0.407 e. The largest absolute Gasteiger partial charge is 0.465 e. The van der Waals surface area contributed by atoms with E-state index in [2.05, 4.69) is 9.88 Å². The third kappa shape index (κ3) is 3.04. The number of aromatic amines is 1. The zero-order chi connectivity index (χ0) is 17.4. The number of carboxylic acid groups (broad SMARTS) is 1. The Morgan fingerprint density at radius 1 is 1.08 bits per heavy atom. The number of H-pyrrole nitrogens is 1. The summed E-state index contributed by atoms with van der Waals surface area (Å²) in [6.07, 6.45) is 3.02. The molecule has 2 saturated heterocycles. The van der Waals surface area contributed by atoms with Crippen LogP contribution in [0.4, 0.5) is 4.79 Å². The van der Waals surface area contributed by atoms with Gasteiger partial charge >= 0.3 is 11.8 Å². The van der Waals surface area contributed by atoms with Gasteiger partial charge in [-0.15, -0.1) is 0 Å². The summed E-state index contributed by atoms with van der Waals surface area (Å²) in [7, 11) is 0. The summed E-state index contributed by atoms with van der Waals surface area (Å²) < 4.78 is 1.90. The Morgan fingerprint density at radius 2 is 1.84 bits per heavy atom. The molecule has 1 amide bonds. The van der Waals surface area contributed by atoms with Crippen molar-refractivity contribution in [1.29, 1.82) is 0 Å².